The monoisotopic (exact) mass is 798 g/mol. The van der Waals surface area contributed by atoms with Crippen molar-refractivity contribution in [1.82, 2.24) is 9.97 Å². The van der Waals surface area contributed by atoms with E-state index in [2.05, 4.69) is 231 Å². The van der Waals surface area contributed by atoms with E-state index in [-0.39, 0.29) is 0 Å². The zero-order chi connectivity index (χ0) is 41.5. The van der Waals surface area contributed by atoms with E-state index in [9.17, 15) is 0 Å². The maximum atomic E-state index is 5.35. The molecule has 1 aliphatic carbocycles. The van der Waals surface area contributed by atoms with Crippen molar-refractivity contribution in [3.05, 3.63) is 253 Å². The van der Waals surface area contributed by atoms with Crippen molar-refractivity contribution in [2.75, 3.05) is 0 Å². The Morgan fingerprint density at radius 2 is 0.873 bits per heavy atom. The largest absolute Gasteiger partial charge is 0.245 e. The summed E-state index contributed by atoms with van der Waals surface area (Å²) >= 11 is 0. The number of fused-ring (bicyclic) bond motifs is 9. The lowest BCUT2D eigenvalue weighted by molar-refractivity contribution is 0.769. The number of rotatable bonds is 5. The van der Waals surface area contributed by atoms with Crippen LogP contribution in [0.4, 0.5) is 0 Å². The summed E-state index contributed by atoms with van der Waals surface area (Å²) in [5, 5.41) is 8.15. The molecule has 0 radical (unpaired) electrons. The molecule has 0 fully saturated rings. The van der Waals surface area contributed by atoms with Gasteiger partial charge in [0.2, 0.25) is 0 Å². The molecule has 0 spiro atoms. The van der Waals surface area contributed by atoms with Crippen molar-refractivity contribution in [2.45, 2.75) is 5.41 Å². The first-order valence-corrected chi connectivity index (χ1v) is 21.7. The predicted octanol–water partition coefficient (Wildman–Crippen LogP) is 15.6. The first kappa shape index (κ1) is 35.5. The molecule has 292 valence electrons. The van der Waals surface area contributed by atoms with Crippen LogP contribution in [0.25, 0.3) is 98.9 Å². The van der Waals surface area contributed by atoms with Crippen molar-refractivity contribution in [3.63, 3.8) is 0 Å². The molecule has 0 unspecified atom stereocenters. The van der Waals surface area contributed by atoms with Gasteiger partial charge in [-0.1, -0.05) is 188 Å². The average Bonchev–Trinajstić information content (AvgIpc) is 3.65. The van der Waals surface area contributed by atoms with Gasteiger partial charge in [-0.3, -0.25) is 0 Å². The molecule has 0 N–H and O–H groups in total. The first-order chi connectivity index (χ1) is 31.2. The number of benzene rings is 10. The summed E-state index contributed by atoms with van der Waals surface area (Å²) in [6, 6.07) is 84.2. The summed E-state index contributed by atoms with van der Waals surface area (Å²) < 4.78 is 0. The number of pyridine rings is 2. The Kier molecular flexibility index (Phi) is 7.85. The van der Waals surface area contributed by atoms with Crippen molar-refractivity contribution < 1.29 is 0 Å². The second-order valence-electron chi connectivity index (χ2n) is 16.9. The maximum absolute atomic E-state index is 5.35. The van der Waals surface area contributed by atoms with Gasteiger partial charge in [0.05, 0.1) is 27.7 Å². The average molecular weight is 799 g/mol. The minimum Gasteiger partial charge on any atom is -0.245 e. The van der Waals surface area contributed by atoms with Gasteiger partial charge in [0.1, 0.15) is 0 Å². The minimum atomic E-state index is -0.432. The third-order valence-corrected chi connectivity index (χ3v) is 13.5. The Labute approximate surface area is 365 Å². The molecule has 1 aliphatic rings. The molecule has 0 amide bonds. The fourth-order valence-corrected chi connectivity index (χ4v) is 10.6. The van der Waals surface area contributed by atoms with E-state index in [4.69, 9.17) is 9.97 Å². The lowest BCUT2D eigenvalue weighted by Gasteiger charge is -2.34. The van der Waals surface area contributed by atoms with Crippen LogP contribution in [0, 0.1) is 0 Å². The van der Waals surface area contributed by atoms with Gasteiger partial charge >= 0.3 is 0 Å². The smallest absolute Gasteiger partial charge is 0.0978 e. The highest BCUT2D eigenvalue weighted by Crippen LogP contribution is 2.56. The molecule has 10 aromatic carbocycles. The van der Waals surface area contributed by atoms with Crippen LogP contribution in [0.1, 0.15) is 22.3 Å². The Hall–Kier alpha value is -8.20. The van der Waals surface area contributed by atoms with Crippen molar-refractivity contribution in [3.8, 4) is 44.6 Å². The van der Waals surface area contributed by atoms with Crippen LogP contribution in [0.3, 0.4) is 0 Å². The van der Waals surface area contributed by atoms with Gasteiger partial charge in [-0.25, -0.2) is 9.97 Å². The topological polar surface area (TPSA) is 25.8 Å². The van der Waals surface area contributed by atoms with E-state index in [1.807, 2.05) is 0 Å². The maximum Gasteiger partial charge on any atom is 0.0978 e. The second kappa shape index (κ2) is 13.9. The summed E-state index contributed by atoms with van der Waals surface area (Å²) in [6.45, 7) is 0. The highest BCUT2D eigenvalue weighted by atomic mass is 14.8. The quantitative estimate of drug-likeness (QED) is 0.128. The molecule has 2 nitrogen and oxygen atoms in total. The highest BCUT2D eigenvalue weighted by molar-refractivity contribution is 6.16. The molecule has 63 heavy (non-hydrogen) atoms. The molecule has 2 aromatic heterocycles. The molecule has 0 saturated heterocycles. The van der Waals surface area contributed by atoms with Crippen LogP contribution in [0.5, 0.6) is 0 Å². The molecule has 0 bridgehead atoms. The number of hydrogen-bond acceptors (Lipinski definition) is 2. The van der Waals surface area contributed by atoms with Crippen LogP contribution >= 0.6 is 0 Å². The Morgan fingerprint density at radius 1 is 0.302 bits per heavy atom. The standard InChI is InChI=1S/C61H38N2/c1-4-14-39(15-5-1)58-52-21-11-13-23-57(52)63-60-53(58)32-28-40-30-33-56(62-59(40)60)45-27-26-43-35-46-34-41(24-25-42(46)36-47(43)37-45)44-29-31-51-50-20-10-12-22-54(50)61(55(51)38-44,48-16-6-2-7-17-48)49-18-8-3-9-19-49/h1-38H. The van der Waals surface area contributed by atoms with Gasteiger partial charge in [-0.2, -0.15) is 0 Å². The zero-order valence-corrected chi connectivity index (χ0v) is 34.3. The van der Waals surface area contributed by atoms with E-state index < -0.39 is 5.41 Å². The van der Waals surface area contributed by atoms with E-state index in [0.717, 1.165) is 44.0 Å². The minimum absolute atomic E-state index is 0.432. The summed E-state index contributed by atoms with van der Waals surface area (Å²) in [5.74, 6) is 0. The zero-order valence-electron chi connectivity index (χ0n) is 34.3. The molecule has 2 heteroatoms. The van der Waals surface area contributed by atoms with Crippen molar-refractivity contribution in [1.29, 1.82) is 0 Å². The lowest BCUT2D eigenvalue weighted by atomic mass is 9.67. The van der Waals surface area contributed by atoms with E-state index in [1.165, 1.54) is 77.2 Å². The molecule has 2 heterocycles. The van der Waals surface area contributed by atoms with E-state index in [1.54, 1.807) is 0 Å². The molecular weight excluding hydrogens is 761 g/mol. The third kappa shape index (κ3) is 5.45. The van der Waals surface area contributed by atoms with Gasteiger partial charge < -0.3 is 0 Å². The Bertz CT molecular complexity index is 3740. The lowest BCUT2D eigenvalue weighted by Crippen LogP contribution is -2.28. The van der Waals surface area contributed by atoms with Crippen LogP contribution in [-0.4, -0.2) is 9.97 Å². The van der Waals surface area contributed by atoms with Gasteiger partial charge in [-0.15, -0.1) is 0 Å². The third-order valence-electron chi connectivity index (χ3n) is 13.5. The number of hydrogen-bond donors (Lipinski definition) is 0. The summed E-state index contributed by atoms with van der Waals surface area (Å²) in [7, 11) is 0. The van der Waals surface area contributed by atoms with Gasteiger partial charge in [0, 0.05) is 27.3 Å². The molecular formula is C61H38N2. The van der Waals surface area contributed by atoms with Crippen LogP contribution in [-0.2, 0) is 5.41 Å². The molecule has 0 saturated carbocycles. The SMILES string of the molecule is c1ccc(-c2c3ccccc3nc3c2ccc2ccc(-c4ccc5cc6cc(-c7ccc8c(c7)C(c7ccccc7)(c7ccccc7)c7ccccc7-8)ccc6cc5c4)nc23)cc1. The predicted molar refractivity (Wildman–Crippen MR) is 263 cm³/mol. The number of nitrogens with zero attached hydrogens (tertiary/aromatic N) is 2. The summed E-state index contributed by atoms with van der Waals surface area (Å²) in [6.07, 6.45) is 0. The van der Waals surface area contributed by atoms with Crippen molar-refractivity contribution >= 4 is 54.3 Å². The normalized spacial score (nSPS) is 12.9. The highest BCUT2D eigenvalue weighted by Gasteiger charge is 2.46. The van der Waals surface area contributed by atoms with E-state index >= 15 is 0 Å². The molecule has 12 aromatic rings. The molecule has 0 atom stereocenters. The molecule has 13 rings (SSSR count). The van der Waals surface area contributed by atoms with Crippen LogP contribution in [0.2, 0.25) is 0 Å². The van der Waals surface area contributed by atoms with Crippen LogP contribution < -0.4 is 0 Å². The molecule has 0 aliphatic heterocycles. The first-order valence-electron chi connectivity index (χ1n) is 21.7. The summed E-state index contributed by atoms with van der Waals surface area (Å²) in [5.41, 5.74) is 17.0. The van der Waals surface area contributed by atoms with Gasteiger partial charge in [-0.05, 0) is 114 Å². The fraction of sp³-hybridized carbons (Fsp3) is 0.0164. The summed E-state index contributed by atoms with van der Waals surface area (Å²) in [4.78, 5) is 10.6. The second-order valence-corrected chi connectivity index (χ2v) is 16.9. The van der Waals surface area contributed by atoms with Crippen molar-refractivity contribution in [2.24, 2.45) is 0 Å². The van der Waals surface area contributed by atoms with Gasteiger partial charge in [0.15, 0.2) is 0 Å². The Morgan fingerprint density at radius 3 is 1.63 bits per heavy atom. The Balaban J connectivity index is 0.910. The number of aromatic nitrogens is 2. The van der Waals surface area contributed by atoms with E-state index in [0.29, 0.717) is 0 Å². The van der Waals surface area contributed by atoms with Crippen LogP contribution in [0.15, 0.2) is 231 Å². The number of para-hydroxylation sites is 1. The van der Waals surface area contributed by atoms with Gasteiger partial charge in [0.25, 0.3) is 0 Å². The fourth-order valence-electron chi connectivity index (χ4n) is 10.6.